The van der Waals surface area contributed by atoms with Crippen LogP contribution in [-0.4, -0.2) is 26.2 Å². The van der Waals surface area contributed by atoms with Gasteiger partial charge in [-0.1, -0.05) is 19.4 Å². The van der Waals surface area contributed by atoms with Gasteiger partial charge in [-0.25, -0.2) is 0 Å². The van der Waals surface area contributed by atoms with Gasteiger partial charge in [-0.15, -0.1) is 0 Å². The summed E-state index contributed by atoms with van der Waals surface area (Å²) in [6.45, 7) is 4.08. The smallest absolute Gasteiger partial charge is 0.259 e. The van der Waals surface area contributed by atoms with Crippen molar-refractivity contribution in [3.8, 4) is 11.5 Å². The maximum atomic E-state index is 12.2. The molecule has 0 aliphatic heterocycles. The molecule has 0 spiro atoms. The molecule has 1 aromatic rings. The van der Waals surface area contributed by atoms with Gasteiger partial charge in [-0.05, 0) is 25.5 Å². The van der Waals surface area contributed by atoms with Crippen LogP contribution in [0.4, 0.5) is 0 Å². The number of hydrogen-bond acceptors (Lipinski definition) is 3. The number of ether oxygens (including phenoxy) is 2. The number of carbonyl (C=O) groups excluding carboxylic acids is 1. The molecule has 18 heavy (non-hydrogen) atoms. The molecule has 1 rings (SSSR count). The fourth-order valence-corrected chi connectivity index (χ4v) is 1.88. The minimum absolute atomic E-state index is 0.136. The molecule has 0 fully saturated rings. The number of hydrogen-bond donors (Lipinski definition) is 1. The molecule has 1 N–H and O–H groups in total. The zero-order chi connectivity index (χ0) is 13.5. The van der Waals surface area contributed by atoms with Gasteiger partial charge in [0.2, 0.25) is 0 Å². The molecule has 100 valence electrons. The highest BCUT2D eigenvalue weighted by Crippen LogP contribution is 2.28. The van der Waals surface area contributed by atoms with Gasteiger partial charge in [-0.2, -0.15) is 0 Å². The minimum atomic E-state index is -0.162. The highest BCUT2D eigenvalue weighted by Gasteiger charge is 2.19. The quantitative estimate of drug-likeness (QED) is 0.845. The largest absolute Gasteiger partial charge is 0.496 e. The molecule has 0 aliphatic rings. The Morgan fingerprint density at radius 1 is 1.28 bits per heavy atom. The van der Waals surface area contributed by atoms with Crippen LogP contribution in [0, 0.1) is 0 Å². The van der Waals surface area contributed by atoms with Crippen LogP contribution in [-0.2, 0) is 0 Å². The molecule has 0 saturated carbocycles. The maximum absolute atomic E-state index is 12.2. The second-order valence-electron chi connectivity index (χ2n) is 4.20. The van der Waals surface area contributed by atoms with E-state index in [9.17, 15) is 4.79 Å². The summed E-state index contributed by atoms with van der Waals surface area (Å²) < 4.78 is 10.4. The van der Waals surface area contributed by atoms with Gasteiger partial charge in [0, 0.05) is 6.04 Å². The predicted molar refractivity (Wildman–Crippen MR) is 71.4 cm³/mol. The maximum Gasteiger partial charge on any atom is 0.259 e. The molecule has 0 aromatic heterocycles. The molecule has 1 aromatic carbocycles. The minimum Gasteiger partial charge on any atom is -0.496 e. The van der Waals surface area contributed by atoms with Crippen LogP contribution in [0.3, 0.4) is 0 Å². The van der Waals surface area contributed by atoms with Crippen molar-refractivity contribution in [1.29, 1.82) is 0 Å². The van der Waals surface area contributed by atoms with E-state index in [0.717, 1.165) is 12.8 Å². The van der Waals surface area contributed by atoms with Crippen molar-refractivity contribution in [2.45, 2.75) is 32.7 Å². The summed E-state index contributed by atoms with van der Waals surface area (Å²) in [4.78, 5) is 12.2. The molecule has 0 bridgehead atoms. The van der Waals surface area contributed by atoms with Crippen LogP contribution < -0.4 is 14.8 Å². The number of methoxy groups -OCH3 is 2. The van der Waals surface area contributed by atoms with E-state index >= 15 is 0 Å². The highest BCUT2D eigenvalue weighted by molar-refractivity contribution is 5.99. The first-order valence-corrected chi connectivity index (χ1v) is 6.15. The Labute approximate surface area is 108 Å². The zero-order valence-electron chi connectivity index (χ0n) is 11.4. The Morgan fingerprint density at radius 2 is 1.83 bits per heavy atom. The summed E-state index contributed by atoms with van der Waals surface area (Å²) in [5.74, 6) is 0.886. The molecule has 4 heteroatoms. The van der Waals surface area contributed by atoms with Crippen molar-refractivity contribution in [3.05, 3.63) is 23.8 Å². The number of nitrogens with one attached hydrogen (secondary N) is 1. The number of carbonyl (C=O) groups is 1. The lowest BCUT2D eigenvalue weighted by Gasteiger charge is -2.16. The molecule has 0 saturated heterocycles. The van der Waals surface area contributed by atoms with Crippen LogP contribution in [0.5, 0.6) is 11.5 Å². The van der Waals surface area contributed by atoms with Crippen molar-refractivity contribution in [2.75, 3.05) is 14.2 Å². The lowest BCUT2D eigenvalue weighted by molar-refractivity contribution is 0.0932. The van der Waals surface area contributed by atoms with Gasteiger partial charge < -0.3 is 14.8 Å². The van der Waals surface area contributed by atoms with Crippen molar-refractivity contribution in [2.24, 2.45) is 0 Å². The molecule has 1 unspecified atom stereocenters. The van der Waals surface area contributed by atoms with Gasteiger partial charge in [0.15, 0.2) is 0 Å². The fourth-order valence-electron chi connectivity index (χ4n) is 1.88. The van der Waals surface area contributed by atoms with Crippen molar-refractivity contribution in [3.63, 3.8) is 0 Å². The molecule has 0 radical (unpaired) electrons. The predicted octanol–water partition coefficient (Wildman–Crippen LogP) is 2.62. The monoisotopic (exact) mass is 251 g/mol. The van der Waals surface area contributed by atoms with Crippen LogP contribution in [0.15, 0.2) is 18.2 Å². The summed E-state index contributed by atoms with van der Waals surface area (Å²) in [7, 11) is 3.09. The van der Waals surface area contributed by atoms with Gasteiger partial charge in [0.05, 0.1) is 14.2 Å². The Morgan fingerprint density at radius 3 is 2.28 bits per heavy atom. The van der Waals surface area contributed by atoms with E-state index in [1.807, 2.05) is 6.92 Å². The first kappa shape index (κ1) is 14.4. The average Bonchev–Trinajstić information content (AvgIpc) is 2.37. The lowest BCUT2D eigenvalue weighted by Crippen LogP contribution is -2.32. The van der Waals surface area contributed by atoms with Gasteiger partial charge in [0.1, 0.15) is 17.1 Å². The highest BCUT2D eigenvalue weighted by atomic mass is 16.5. The summed E-state index contributed by atoms with van der Waals surface area (Å²) in [6, 6.07) is 5.44. The second-order valence-corrected chi connectivity index (χ2v) is 4.20. The number of benzene rings is 1. The molecule has 4 nitrogen and oxygen atoms in total. The van der Waals surface area contributed by atoms with Gasteiger partial charge >= 0.3 is 0 Å². The standard InChI is InChI=1S/C14H21NO3/c1-5-7-10(2)15-14(16)13-11(17-3)8-6-9-12(13)18-4/h6,8-10H,5,7H2,1-4H3,(H,15,16). The third-order valence-electron chi connectivity index (χ3n) is 2.75. The molecular formula is C14H21NO3. The molecule has 0 aliphatic carbocycles. The first-order chi connectivity index (χ1) is 8.63. The topological polar surface area (TPSA) is 47.6 Å². The second kappa shape index (κ2) is 6.89. The van der Waals surface area contributed by atoms with Gasteiger partial charge in [0.25, 0.3) is 5.91 Å². The summed E-state index contributed by atoms with van der Waals surface area (Å²) >= 11 is 0. The van der Waals surface area contributed by atoms with E-state index in [0.29, 0.717) is 17.1 Å². The Balaban J connectivity index is 2.96. The Bertz CT molecular complexity index is 382. The van der Waals surface area contributed by atoms with E-state index in [2.05, 4.69) is 12.2 Å². The number of amides is 1. The molecular weight excluding hydrogens is 230 g/mol. The molecule has 1 amide bonds. The van der Waals surface area contributed by atoms with Crippen molar-refractivity contribution >= 4 is 5.91 Å². The number of rotatable bonds is 6. The SMILES string of the molecule is CCCC(C)NC(=O)c1c(OC)cccc1OC. The summed E-state index contributed by atoms with van der Waals surface area (Å²) in [5.41, 5.74) is 0.449. The third kappa shape index (κ3) is 3.39. The average molecular weight is 251 g/mol. The van der Waals surface area contributed by atoms with E-state index < -0.39 is 0 Å². The van der Waals surface area contributed by atoms with Crippen LogP contribution in [0.1, 0.15) is 37.0 Å². The van der Waals surface area contributed by atoms with Crippen molar-refractivity contribution in [1.82, 2.24) is 5.32 Å². The van der Waals surface area contributed by atoms with Crippen molar-refractivity contribution < 1.29 is 14.3 Å². The Hall–Kier alpha value is -1.71. The summed E-state index contributed by atoms with van der Waals surface area (Å²) in [6.07, 6.45) is 1.98. The van der Waals surface area contributed by atoms with Crippen LogP contribution in [0.2, 0.25) is 0 Å². The van der Waals surface area contributed by atoms with Gasteiger partial charge in [-0.3, -0.25) is 4.79 Å². The fraction of sp³-hybridized carbons (Fsp3) is 0.500. The van der Waals surface area contributed by atoms with Crippen LogP contribution >= 0.6 is 0 Å². The van der Waals surface area contributed by atoms with E-state index in [-0.39, 0.29) is 11.9 Å². The molecule has 1 atom stereocenters. The molecule has 0 heterocycles. The third-order valence-corrected chi connectivity index (χ3v) is 2.75. The Kier molecular flexibility index (Phi) is 5.49. The van der Waals surface area contributed by atoms with E-state index in [4.69, 9.17) is 9.47 Å². The zero-order valence-corrected chi connectivity index (χ0v) is 11.4. The normalized spacial score (nSPS) is 11.8. The van der Waals surface area contributed by atoms with E-state index in [1.165, 1.54) is 0 Å². The first-order valence-electron chi connectivity index (χ1n) is 6.15. The van der Waals surface area contributed by atoms with E-state index in [1.54, 1.807) is 32.4 Å². The summed E-state index contributed by atoms with van der Waals surface area (Å²) in [5, 5.41) is 2.95. The van der Waals surface area contributed by atoms with Crippen LogP contribution in [0.25, 0.3) is 0 Å². The lowest BCUT2D eigenvalue weighted by atomic mass is 10.1.